The second kappa shape index (κ2) is 11.1. The molecule has 2 rings (SSSR count). The van der Waals surface area contributed by atoms with Crippen molar-refractivity contribution in [2.24, 2.45) is 10.7 Å². The van der Waals surface area contributed by atoms with Gasteiger partial charge >= 0.3 is 5.97 Å². The Morgan fingerprint density at radius 1 is 1.29 bits per heavy atom. The van der Waals surface area contributed by atoms with Gasteiger partial charge in [-0.25, -0.2) is 0 Å². The third-order valence-electron chi connectivity index (χ3n) is 3.78. The van der Waals surface area contributed by atoms with Gasteiger partial charge in [0.05, 0.1) is 7.11 Å². The van der Waals surface area contributed by atoms with Crippen LogP contribution in [0.1, 0.15) is 38.5 Å². The molecule has 1 aromatic carbocycles. The molecule has 1 saturated carbocycles. The molecule has 6 nitrogen and oxygen atoms in total. The van der Waals surface area contributed by atoms with Crippen molar-refractivity contribution in [1.82, 2.24) is 0 Å². The smallest absolute Gasteiger partial charge is 0.306 e. The number of ether oxygens (including phenoxy) is 2. The molecule has 0 aliphatic heterocycles. The van der Waals surface area contributed by atoms with Crippen LogP contribution < -0.4 is 15.8 Å². The van der Waals surface area contributed by atoms with Gasteiger partial charge in [-0.1, -0.05) is 0 Å². The lowest BCUT2D eigenvalue weighted by Gasteiger charge is -2.10. The SMILES string of the molecule is COc1ccc(NC(N)=NCCCC(=O)OC2CCCC2)cc1.I. The van der Waals surface area contributed by atoms with Crippen molar-refractivity contribution in [3.63, 3.8) is 0 Å². The minimum Gasteiger partial charge on any atom is -0.497 e. The zero-order chi connectivity index (χ0) is 16.5. The molecule has 0 unspecified atom stereocenters. The normalized spacial score (nSPS) is 14.8. The highest BCUT2D eigenvalue weighted by Crippen LogP contribution is 2.21. The molecule has 7 heteroatoms. The number of methoxy groups -OCH3 is 1. The molecular formula is C17H26IN3O3. The largest absolute Gasteiger partial charge is 0.497 e. The molecule has 0 radical (unpaired) electrons. The molecule has 0 heterocycles. The maximum absolute atomic E-state index is 11.7. The number of carbonyl (C=O) groups excluding carboxylic acids is 1. The molecule has 0 amide bonds. The number of guanidine groups is 1. The van der Waals surface area contributed by atoms with Gasteiger partial charge in [0.2, 0.25) is 0 Å². The van der Waals surface area contributed by atoms with Crippen LogP contribution in [0.15, 0.2) is 29.3 Å². The average Bonchev–Trinajstić information content (AvgIpc) is 3.05. The van der Waals surface area contributed by atoms with Crippen molar-refractivity contribution >= 4 is 41.6 Å². The number of benzene rings is 1. The molecule has 1 aromatic rings. The fourth-order valence-corrected chi connectivity index (χ4v) is 2.54. The molecular weight excluding hydrogens is 421 g/mol. The van der Waals surface area contributed by atoms with Gasteiger partial charge in [0, 0.05) is 18.7 Å². The summed E-state index contributed by atoms with van der Waals surface area (Å²) in [4.78, 5) is 15.9. The van der Waals surface area contributed by atoms with Crippen molar-refractivity contribution in [3.8, 4) is 5.75 Å². The average molecular weight is 447 g/mol. The molecule has 0 spiro atoms. The summed E-state index contributed by atoms with van der Waals surface area (Å²) >= 11 is 0. The van der Waals surface area contributed by atoms with E-state index in [0.717, 1.165) is 37.1 Å². The van der Waals surface area contributed by atoms with E-state index in [2.05, 4.69) is 10.3 Å². The maximum Gasteiger partial charge on any atom is 0.306 e. The van der Waals surface area contributed by atoms with Crippen LogP contribution in [0.4, 0.5) is 5.69 Å². The van der Waals surface area contributed by atoms with Crippen molar-refractivity contribution in [3.05, 3.63) is 24.3 Å². The van der Waals surface area contributed by atoms with E-state index in [-0.39, 0.29) is 36.0 Å². The summed E-state index contributed by atoms with van der Waals surface area (Å²) in [7, 11) is 1.62. The summed E-state index contributed by atoms with van der Waals surface area (Å²) in [6.45, 7) is 0.495. The maximum atomic E-state index is 11.7. The van der Waals surface area contributed by atoms with Crippen LogP contribution in [0.5, 0.6) is 5.75 Å². The highest BCUT2D eigenvalue weighted by atomic mass is 127. The van der Waals surface area contributed by atoms with Crippen LogP contribution in [0.3, 0.4) is 0 Å². The van der Waals surface area contributed by atoms with Gasteiger partial charge in [0.25, 0.3) is 0 Å². The van der Waals surface area contributed by atoms with E-state index >= 15 is 0 Å². The Labute approximate surface area is 160 Å². The number of nitrogens with zero attached hydrogens (tertiary/aromatic N) is 1. The second-order valence-corrected chi connectivity index (χ2v) is 5.62. The van der Waals surface area contributed by atoms with Gasteiger partial charge in [-0.3, -0.25) is 9.79 Å². The van der Waals surface area contributed by atoms with E-state index in [0.29, 0.717) is 25.3 Å². The Bertz CT molecular complexity index is 528. The third kappa shape index (κ3) is 7.37. The van der Waals surface area contributed by atoms with E-state index in [9.17, 15) is 4.79 Å². The van der Waals surface area contributed by atoms with Crippen molar-refractivity contribution in [1.29, 1.82) is 0 Å². The molecule has 1 fully saturated rings. The second-order valence-electron chi connectivity index (χ2n) is 5.62. The number of hydrogen-bond acceptors (Lipinski definition) is 4. The number of hydrogen-bond donors (Lipinski definition) is 2. The van der Waals surface area contributed by atoms with E-state index in [4.69, 9.17) is 15.2 Å². The van der Waals surface area contributed by atoms with Crippen molar-refractivity contribution < 1.29 is 14.3 Å². The molecule has 1 aliphatic rings. The van der Waals surface area contributed by atoms with Crippen LogP contribution in [0, 0.1) is 0 Å². The number of rotatable bonds is 7. The molecule has 134 valence electrons. The first kappa shape index (κ1) is 20.5. The lowest BCUT2D eigenvalue weighted by molar-refractivity contribution is -0.148. The number of nitrogens with one attached hydrogen (secondary N) is 1. The van der Waals surface area contributed by atoms with Crippen molar-refractivity contribution in [2.45, 2.75) is 44.6 Å². The van der Waals surface area contributed by atoms with Crippen LogP contribution in [0.25, 0.3) is 0 Å². The highest BCUT2D eigenvalue weighted by Gasteiger charge is 2.18. The summed E-state index contributed by atoms with van der Waals surface area (Å²) in [6, 6.07) is 7.41. The summed E-state index contributed by atoms with van der Waals surface area (Å²) in [5, 5.41) is 3.00. The molecule has 24 heavy (non-hydrogen) atoms. The predicted molar refractivity (Wildman–Crippen MR) is 106 cm³/mol. The van der Waals surface area contributed by atoms with E-state index < -0.39 is 0 Å². The molecule has 0 bridgehead atoms. The Morgan fingerprint density at radius 3 is 2.58 bits per heavy atom. The number of halogens is 1. The lowest BCUT2D eigenvalue weighted by atomic mass is 10.3. The Kier molecular flexibility index (Phi) is 9.51. The van der Waals surface area contributed by atoms with E-state index in [1.54, 1.807) is 7.11 Å². The van der Waals surface area contributed by atoms with Gasteiger partial charge in [0.1, 0.15) is 11.9 Å². The molecule has 0 atom stereocenters. The summed E-state index contributed by atoms with van der Waals surface area (Å²) in [5.41, 5.74) is 6.66. The summed E-state index contributed by atoms with van der Waals surface area (Å²) in [6.07, 6.45) is 5.48. The first-order valence-corrected chi connectivity index (χ1v) is 8.08. The zero-order valence-corrected chi connectivity index (χ0v) is 16.3. The fraction of sp³-hybridized carbons (Fsp3) is 0.529. The van der Waals surface area contributed by atoms with Crippen LogP contribution >= 0.6 is 24.0 Å². The van der Waals surface area contributed by atoms with Gasteiger partial charge in [-0.05, 0) is 56.4 Å². The number of anilines is 1. The van der Waals surface area contributed by atoms with Gasteiger partial charge in [-0.15, -0.1) is 24.0 Å². The number of esters is 1. The Balaban J connectivity index is 0.00000288. The molecule has 3 N–H and O–H groups in total. The van der Waals surface area contributed by atoms with Crippen LogP contribution in [-0.4, -0.2) is 31.7 Å². The molecule has 1 aliphatic carbocycles. The lowest BCUT2D eigenvalue weighted by Crippen LogP contribution is -2.23. The fourth-order valence-electron chi connectivity index (χ4n) is 2.54. The van der Waals surface area contributed by atoms with Gasteiger partial charge in [0.15, 0.2) is 5.96 Å². The number of carbonyl (C=O) groups is 1. The van der Waals surface area contributed by atoms with E-state index in [1.807, 2.05) is 24.3 Å². The van der Waals surface area contributed by atoms with E-state index in [1.165, 1.54) is 0 Å². The van der Waals surface area contributed by atoms with Gasteiger partial charge < -0.3 is 20.5 Å². The third-order valence-corrected chi connectivity index (χ3v) is 3.78. The predicted octanol–water partition coefficient (Wildman–Crippen LogP) is 3.31. The summed E-state index contributed by atoms with van der Waals surface area (Å²) < 4.78 is 10.5. The Hall–Kier alpha value is -1.51. The Morgan fingerprint density at radius 2 is 1.96 bits per heavy atom. The summed E-state index contributed by atoms with van der Waals surface area (Å²) in [5.74, 6) is 0.986. The molecule has 0 aromatic heterocycles. The standard InChI is InChI=1S/C17H25N3O3.HI/c1-22-14-10-8-13(9-11-14)20-17(18)19-12-4-7-16(21)23-15-5-2-3-6-15;/h8-11,15H,2-7,12H2,1H3,(H3,18,19,20);1H. The zero-order valence-electron chi connectivity index (χ0n) is 14.0. The van der Waals surface area contributed by atoms with Crippen molar-refractivity contribution in [2.75, 3.05) is 19.0 Å². The first-order chi connectivity index (χ1) is 11.2. The minimum atomic E-state index is -0.131. The van der Waals surface area contributed by atoms with Crippen LogP contribution in [0.2, 0.25) is 0 Å². The minimum absolute atomic E-state index is 0. The number of nitrogens with two attached hydrogens (primary N) is 1. The highest BCUT2D eigenvalue weighted by molar-refractivity contribution is 14.0. The number of aliphatic imine (C=N–C) groups is 1. The molecule has 0 saturated heterocycles. The van der Waals surface area contributed by atoms with Crippen LogP contribution in [-0.2, 0) is 9.53 Å². The topological polar surface area (TPSA) is 85.9 Å². The van der Waals surface area contributed by atoms with Gasteiger partial charge in [-0.2, -0.15) is 0 Å². The quantitative estimate of drug-likeness (QED) is 0.220. The first-order valence-electron chi connectivity index (χ1n) is 8.08. The monoisotopic (exact) mass is 447 g/mol.